The van der Waals surface area contributed by atoms with Gasteiger partial charge >= 0.3 is 0 Å². The highest BCUT2D eigenvalue weighted by Crippen LogP contribution is 2.48. The monoisotopic (exact) mass is 294 g/mol. The van der Waals surface area contributed by atoms with Crippen LogP contribution in [0.3, 0.4) is 0 Å². The second-order valence-corrected chi connectivity index (χ2v) is 8.15. The van der Waals surface area contributed by atoms with Gasteiger partial charge in [0.1, 0.15) is 0 Å². The molecule has 6 heteroatoms. The molecule has 3 aliphatic heterocycles. The third-order valence-electron chi connectivity index (χ3n) is 3.91. The average molecular weight is 294 g/mol. The molecule has 4 rings (SSSR count). The molecule has 1 N–H and O–H groups in total. The average Bonchev–Trinajstić information content (AvgIpc) is 2.66. The standard InChI is InChI=1S/C13H18N4S2/c1-12(2)7-14-10(15-12)18-5-9-6-19-11-16-13(3-4-13)8-17(9)11/h6H,3-5,7-8H2,1-2H3,(H,14,15). The van der Waals surface area contributed by atoms with Gasteiger partial charge in [-0.15, -0.1) is 0 Å². The predicted octanol–water partition coefficient (Wildman–Crippen LogP) is 2.25. The highest BCUT2D eigenvalue weighted by Gasteiger charge is 2.50. The molecule has 0 aromatic rings. The highest BCUT2D eigenvalue weighted by molar-refractivity contribution is 8.17. The van der Waals surface area contributed by atoms with E-state index in [1.54, 1.807) is 11.8 Å². The number of nitrogens with one attached hydrogen (secondary N) is 1. The predicted molar refractivity (Wildman–Crippen MR) is 83.8 cm³/mol. The first-order valence-corrected chi connectivity index (χ1v) is 8.60. The van der Waals surface area contributed by atoms with Gasteiger partial charge in [0, 0.05) is 11.4 Å². The van der Waals surface area contributed by atoms with Crippen LogP contribution >= 0.6 is 23.5 Å². The molecule has 0 unspecified atom stereocenters. The molecule has 4 aliphatic rings. The van der Waals surface area contributed by atoms with Gasteiger partial charge in [0.05, 0.1) is 24.2 Å². The lowest BCUT2D eigenvalue weighted by atomic mass is 10.1. The summed E-state index contributed by atoms with van der Waals surface area (Å²) in [4.78, 5) is 11.8. The maximum atomic E-state index is 4.84. The Morgan fingerprint density at radius 3 is 3.00 bits per heavy atom. The van der Waals surface area contributed by atoms with E-state index in [-0.39, 0.29) is 5.54 Å². The van der Waals surface area contributed by atoms with E-state index >= 15 is 0 Å². The Labute approximate surface area is 122 Å². The van der Waals surface area contributed by atoms with Crippen molar-refractivity contribution >= 4 is 33.9 Å². The summed E-state index contributed by atoms with van der Waals surface area (Å²) < 4.78 is 0. The van der Waals surface area contributed by atoms with Gasteiger partial charge in [0.15, 0.2) is 10.3 Å². The van der Waals surface area contributed by atoms with Crippen molar-refractivity contribution in [3.05, 3.63) is 11.1 Å². The summed E-state index contributed by atoms with van der Waals surface area (Å²) in [6.45, 7) is 6.36. The van der Waals surface area contributed by atoms with Crippen LogP contribution in [-0.2, 0) is 0 Å². The molecule has 0 amide bonds. The van der Waals surface area contributed by atoms with Crippen LogP contribution in [0.2, 0.25) is 0 Å². The molecule has 1 fully saturated rings. The third kappa shape index (κ3) is 2.18. The maximum Gasteiger partial charge on any atom is 0.168 e. The Hall–Kier alpha value is -0.620. The Morgan fingerprint density at radius 1 is 1.47 bits per heavy atom. The number of rotatable bonds is 2. The van der Waals surface area contributed by atoms with Gasteiger partial charge in [-0.1, -0.05) is 23.5 Å². The van der Waals surface area contributed by atoms with Crippen molar-refractivity contribution in [2.45, 2.75) is 37.8 Å². The molecule has 102 valence electrons. The fourth-order valence-electron chi connectivity index (χ4n) is 2.55. The van der Waals surface area contributed by atoms with Crippen LogP contribution in [0.25, 0.3) is 0 Å². The lowest BCUT2D eigenvalue weighted by Gasteiger charge is -2.19. The second-order valence-electron chi connectivity index (χ2n) is 6.35. The van der Waals surface area contributed by atoms with Crippen LogP contribution in [0, 0.1) is 0 Å². The molecule has 1 saturated carbocycles. The van der Waals surface area contributed by atoms with Gasteiger partial charge in [0.2, 0.25) is 0 Å². The molecule has 0 bridgehead atoms. The van der Waals surface area contributed by atoms with Crippen LogP contribution in [-0.4, -0.2) is 45.2 Å². The Kier molecular flexibility index (Phi) is 2.52. The van der Waals surface area contributed by atoms with Crippen molar-refractivity contribution in [1.82, 2.24) is 10.2 Å². The molecule has 4 nitrogen and oxygen atoms in total. The topological polar surface area (TPSA) is 40.0 Å². The number of nitrogens with zero attached hydrogens (tertiary/aromatic N) is 3. The maximum absolute atomic E-state index is 4.84. The van der Waals surface area contributed by atoms with Crippen LogP contribution < -0.4 is 5.32 Å². The minimum absolute atomic E-state index is 0.124. The molecule has 0 aromatic carbocycles. The van der Waals surface area contributed by atoms with Crippen LogP contribution in [0.5, 0.6) is 0 Å². The van der Waals surface area contributed by atoms with E-state index in [0.29, 0.717) is 5.54 Å². The first-order valence-electron chi connectivity index (χ1n) is 6.74. The molecule has 0 radical (unpaired) electrons. The molecule has 19 heavy (non-hydrogen) atoms. The third-order valence-corrected chi connectivity index (χ3v) is 5.77. The molecule has 3 heterocycles. The lowest BCUT2D eigenvalue weighted by Crippen LogP contribution is -2.38. The Balaban J connectivity index is 1.36. The van der Waals surface area contributed by atoms with Gasteiger partial charge in [-0.05, 0) is 32.1 Å². The number of thioether (sulfide) groups is 2. The second kappa shape index (κ2) is 3.95. The molecule has 0 aromatic heterocycles. The lowest BCUT2D eigenvalue weighted by molar-refractivity contribution is 0.506. The Morgan fingerprint density at radius 2 is 2.32 bits per heavy atom. The smallest absolute Gasteiger partial charge is 0.168 e. The minimum atomic E-state index is 0.124. The fourth-order valence-corrected chi connectivity index (χ4v) is 4.69. The molecular weight excluding hydrogens is 276 g/mol. The molecule has 1 aliphatic carbocycles. The number of fused-ring (bicyclic) bond motifs is 1. The highest BCUT2D eigenvalue weighted by atomic mass is 32.2. The van der Waals surface area contributed by atoms with Gasteiger partial charge in [0.25, 0.3) is 0 Å². The fraction of sp³-hybridized carbons (Fsp3) is 0.692. The zero-order chi connectivity index (χ0) is 13.1. The number of hydrogen-bond acceptors (Lipinski definition) is 6. The molecule has 0 atom stereocenters. The van der Waals surface area contributed by atoms with E-state index in [1.165, 1.54) is 23.7 Å². The molecule has 1 spiro atoms. The summed E-state index contributed by atoms with van der Waals surface area (Å²) in [6.07, 6.45) is 2.55. The van der Waals surface area contributed by atoms with Crippen LogP contribution in [0.15, 0.2) is 21.1 Å². The largest absolute Gasteiger partial charge is 0.358 e. The van der Waals surface area contributed by atoms with E-state index in [1.807, 2.05) is 11.8 Å². The van der Waals surface area contributed by atoms with Gasteiger partial charge in [-0.25, -0.2) is 0 Å². The number of amidine groups is 2. The number of hydrogen-bond donors (Lipinski definition) is 1. The molecular formula is C13H18N4S2. The SMILES string of the molecule is CC1(C)CN=C(SCC2=CSC3=NC4(CC4)CN23)N1. The summed E-state index contributed by atoms with van der Waals surface area (Å²) in [5.41, 5.74) is 1.82. The van der Waals surface area contributed by atoms with E-state index in [0.717, 1.165) is 24.0 Å². The van der Waals surface area contributed by atoms with Gasteiger partial charge in [-0.2, -0.15) is 0 Å². The summed E-state index contributed by atoms with van der Waals surface area (Å²) in [6, 6.07) is 0. The minimum Gasteiger partial charge on any atom is -0.358 e. The van der Waals surface area contributed by atoms with Crippen LogP contribution in [0.4, 0.5) is 0 Å². The van der Waals surface area contributed by atoms with Crippen molar-refractivity contribution in [2.75, 3.05) is 18.8 Å². The van der Waals surface area contributed by atoms with E-state index < -0.39 is 0 Å². The normalized spacial score (nSPS) is 28.9. The van der Waals surface area contributed by atoms with E-state index in [2.05, 4.69) is 34.5 Å². The summed E-state index contributed by atoms with van der Waals surface area (Å²) in [5.74, 6) is 0.990. The summed E-state index contributed by atoms with van der Waals surface area (Å²) in [5, 5.41) is 8.03. The number of aliphatic imine (C=N–C) groups is 2. The van der Waals surface area contributed by atoms with Gasteiger partial charge in [-0.3, -0.25) is 9.98 Å². The first kappa shape index (κ1) is 12.1. The van der Waals surface area contributed by atoms with Crippen molar-refractivity contribution < 1.29 is 0 Å². The van der Waals surface area contributed by atoms with Crippen molar-refractivity contribution in [3.8, 4) is 0 Å². The van der Waals surface area contributed by atoms with Crippen molar-refractivity contribution in [2.24, 2.45) is 9.98 Å². The van der Waals surface area contributed by atoms with Crippen molar-refractivity contribution in [3.63, 3.8) is 0 Å². The molecule has 0 saturated heterocycles. The Bertz CT molecular complexity index is 517. The summed E-state index contributed by atoms with van der Waals surface area (Å²) in [7, 11) is 0. The zero-order valence-corrected chi connectivity index (χ0v) is 12.9. The summed E-state index contributed by atoms with van der Waals surface area (Å²) >= 11 is 3.60. The van der Waals surface area contributed by atoms with Gasteiger partial charge < -0.3 is 10.2 Å². The van der Waals surface area contributed by atoms with E-state index in [4.69, 9.17) is 4.99 Å². The zero-order valence-electron chi connectivity index (χ0n) is 11.3. The van der Waals surface area contributed by atoms with Crippen molar-refractivity contribution in [1.29, 1.82) is 0 Å². The quantitative estimate of drug-likeness (QED) is 0.848. The van der Waals surface area contributed by atoms with E-state index in [9.17, 15) is 0 Å². The first-order chi connectivity index (χ1) is 9.05. The van der Waals surface area contributed by atoms with Crippen LogP contribution in [0.1, 0.15) is 26.7 Å².